The fourth-order valence-corrected chi connectivity index (χ4v) is 9.78. The van der Waals surface area contributed by atoms with E-state index in [1.165, 1.54) is 11.0 Å². The van der Waals surface area contributed by atoms with Gasteiger partial charge < -0.3 is 24.6 Å². The fourth-order valence-electron chi connectivity index (χ4n) is 9.78. The highest BCUT2D eigenvalue weighted by atomic mass is 19.4. The average molecular weight is 843 g/mol. The van der Waals surface area contributed by atoms with Gasteiger partial charge in [0.15, 0.2) is 0 Å². The fraction of sp³-hybridized carbons (Fsp3) is 0.500. The molecule has 61 heavy (non-hydrogen) atoms. The van der Waals surface area contributed by atoms with E-state index in [-0.39, 0.29) is 42.5 Å². The van der Waals surface area contributed by atoms with Crippen molar-refractivity contribution in [1.29, 1.82) is 5.26 Å². The van der Waals surface area contributed by atoms with Crippen molar-refractivity contribution in [3.8, 4) is 17.6 Å². The Labute approximate surface area is 354 Å². The van der Waals surface area contributed by atoms with Crippen LogP contribution < -0.4 is 20.1 Å². The first-order valence-corrected chi connectivity index (χ1v) is 21.0. The van der Waals surface area contributed by atoms with Crippen LogP contribution in [-0.4, -0.2) is 102 Å². The van der Waals surface area contributed by atoms with E-state index >= 15 is 0 Å². The first-order chi connectivity index (χ1) is 29.0. The molecule has 1 unspecified atom stereocenters. The number of ether oxygens (including phenoxy) is 2. The van der Waals surface area contributed by atoms with Gasteiger partial charge in [-0.25, -0.2) is 0 Å². The van der Waals surface area contributed by atoms with Crippen molar-refractivity contribution in [1.82, 2.24) is 25.3 Å². The van der Waals surface area contributed by atoms with Gasteiger partial charge in [-0.15, -0.1) is 0 Å². The summed E-state index contributed by atoms with van der Waals surface area (Å²) in [5.41, 5.74) is 0.316. The van der Waals surface area contributed by atoms with Crippen molar-refractivity contribution in [3.63, 3.8) is 0 Å². The summed E-state index contributed by atoms with van der Waals surface area (Å²) in [4.78, 5) is 57.0. The van der Waals surface area contributed by atoms with Gasteiger partial charge in [0.25, 0.3) is 11.8 Å². The number of imide groups is 1. The molecule has 3 heterocycles. The minimum atomic E-state index is -4.69. The molecule has 4 amide bonds. The summed E-state index contributed by atoms with van der Waals surface area (Å²) in [7, 11) is 0. The molecule has 3 aromatic carbocycles. The third kappa shape index (κ3) is 9.26. The molecule has 1 atom stereocenters. The van der Waals surface area contributed by atoms with Crippen molar-refractivity contribution >= 4 is 23.6 Å². The molecule has 15 heteroatoms. The van der Waals surface area contributed by atoms with Crippen molar-refractivity contribution < 1.29 is 41.8 Å². The lowest BCUT2D eigenvalue weighted by Crippen LogP contribution is -2.74. The number of aryl methyl sites for hydroxylation is 1. The number of benzene rings is 3. The van der Waals surface area contributed by atoms with Crippen LogP contribution in [0, 0.1) is 22.2 Å². The van der Waals surface area contributed by atoms with E-state index in [9.17, 15) is 32.3 Å². The molecule has 0 aromatic heterocycles. The van der Waals surface area contributed by atoms with Crippen LogP contribution in [0.25, 0.3) is 0 Å². The Morgan fingerprint density at radius 1 is 0.934 bits per heavy atom. The molecule has 3 aromatic rings. The largest absolute Gasteiger partial charge is 0.492 e. The quantitative estimate of drug-likeness (QED) is 0.148. The number of piperidine rings is 1. The normalized spacial score (nSPS) is 22.5. The number of hydrogen-bond donors (Lipinski definition) is 2. The molecule has 0 bridgehead atoms. The first kappa shape index (κ1) is 43.6. The maximum atomic E-state index is 13.6. The number of halogens is 3. The molecule has 1 saturated carbocycles. The molecule has 3 aliphatic heterocycles. The SMILES string of the molecule is CC1(C)[C@H](NC(=O)c2ccc(CCCCN3CCN(CCOc4cccc5c4CN(C4CCC(=O)NC4=O)C5=O)CC3)cc2)C(C)(C)[C@H]1Oc1ccc(C#N)c(C(F)(F)F)c1. The van der Waals surface area contributed by atoms with Gasteiger partial charge in [-0.3, -0.25) is 29.4 Å². The van der Waals surface area contributed by atoms with E-state index in [0.29, 0.717) is 29.9 Å². The van der Waals surface area contributed by atoms with Gasteiger partial charge in [0, 0.05) is 72.7 Å². The molecule has 7 rings (SSSR count). The number of carbonyl (C=O) groups excluding carboxylic acids is 4. The lowest BCUT2D eigenvalue weighted by Gasteiger charge is -2.63. The Hall–Kier alpha value is -5.46. The zero-order valence-corrected chi connectivity index (χ0v) is 35.1. The number of fused-ring (bicyclic) bond motifs is 1. The highest BCUT2D eigenvalue weighted by molar-refractivity contribution is 6.05. The van der Waals surface area contributed by atoms with E-state index in [0.717, 1.165) is 81.8 Å². The van der Waals surface area contributed by atoms with Gasteiger partial charge in [-0.1, -0.05) is 45.9 Å². The van der Waals surface area contributed by atoms with Crippen LogP contribution in [0.15, 0.2) is 60.7 Å². The third-order valence-electron chi connectivity index (χ3n) is 12.9. The molecule has 2 N–H and O–H groups in total. The molecule has 12 nitrogen and oxygen atoms in total. The van der Waals surface area contributed by atoms with Gasteiger partial charge >= 0.3 is 6.18 Å². The van der Waals surface area contributed by atoms with Gasteiger partial charge in [0.05, 0.1) is 23.7 Å². The van der Waals surface area contributed by atoms with Crippen molar-refractivity contribution in [2.24, 2.45) is 10.8 Å². The molecule has 3 fully saturated rings. The topological polar surface area (TPSA) is 144 Å². The number of unbranched alkanes of at least 4 members (excludes halogenated alkanes) is 1. The number of hydrogen-bond acceptors (Lipinski definition) is 9. The van der Waals surface area contributed by atoms with Crippen LogP contribution in [-0.2, 0) is 28.7 Å². The minimum Gasteiger partial charge on any atom is -0.492 e. The van der Waals surface area contributed by atoms with E-state index < -0.39 is 46.2 Å². The van der Waals surface area contributed by atoms with E-state index in [4.69, 9.17) is 14.7 Å². The van der Waals surface area contributed by atoms with E-state index in [2.05, 4.69) is 20.4 Å². The number of nitriles is 1. The Bertz CT molecular complexity index is 2180. The standard InChI is InChI=1S/C46H53F3N6O6/c1-44(2)42(45(3,4)43(44)61-32-16-15-31(27-50)35(26-32)46(47,48)49)52-39(57)30-13-11-29(12-14-30)8-5-6-19-53-20-22-54(23-21-53)24-25-60-37-10-7-9-33-34(37)28-55(41(33)59)36-17-18-38(56)51-40(36)58/h7,9-16,26,36,42-43H,5-6,8,17-25,28H2,1-4H3,(H,52,57)(H,51,56,58)/t36?,42-,43-. The number of nitrogens with zero attached hydrogens (tertiary/aromatic N) is 4. The molecule has 324 valence electrons. The molecule has 0 spiro atoms. The number of piperazine rings is 1. The predicted molar refractivity (Wildman–Crippen MR) is 220 cm³/mol. The molecular formula is C46H53F3N6O6. The van der Waals surface area contributed by atoms with Gasteiger partial charge in [0.1, 0.15) is 30.3 Å². The second-order valence-electron chi connectivity index (χ2n) is 17.7. The van der Waals surface area contributed by atoms with Crippen LogP contribution in [0.1, 0.15) is 96.3 Å². The minimum absolute atomic E-state index is 0.0242. The van der Waals surface area contributed by atoms with Gasteiger partial charge in [-0.05, 0) is 80.3 Å². The predicted octanol–water partition coefficient (Wildman–Crippen LogP) is 5.97. The summed E-state index contributed by atoms with van der Waals surface area (Å²) >= 11 is 0. The Morgan fingerprint density at radius 2 is 1.62 bits per heavy atom. The number of nitrogens with one attached hydrogen (secondary N) is 2. The summed E-state index contributed by atoms with van der Waals surface area (Å²) in [6.45, 7) is 14.0. The van der Waals surface area contributed by atoms with Gasteiger partial charge in [0.2, 0.25) is 11.8 Å². The van der Waals surface area contributed by atoms with Crippen molar-refractivity contribution in [3.05, 3.63) is 94.0 Å². The summed E-state index contributed by atoms with van der Waals surface area (Å²) in [5, 5.41) is 14.6. The monoisotopic (exact) mass is 842 g/mol. The zero-order chi connectivity index (χ0) is 43.7. The second-order valence-corrected chi connectivity index (χ2v) is 17.7. The van der Waals surface area contributed by atoms with Crippen LogP contribution in [0.4, 0.5) is 13.2 Å². The highest BCUT2D eigenvalue weighted by Crippen LogP contribution is 2.55. The van der Waals surface area contributed by atoms with Crippen LogP contribution in [0.2, 0.25) is 0 Å². The number of rotatable bonds is 14. The first-order valence-electron chi connectivity index (χ1n) is 21.0. The third-order valence-corrected chi connectivity index (χ3v) is 12.9. The second kappa shape index (κ2) is 17.5. The number of amides is 4. The zero-order valence-electron chi connectivity index (χ0n) is 35.1. The lowest BCUT2D eigenvalue weighted by molar-refractivity contribution is -0.164. The Morgan fingerprint density at radius 3 is 2.28 bits per heavy atom. The highest BCUT2D eigenvalue weighted by Gasteiger charge is 2.64. The Balaban J connectivity index is 0.800. The van der Waals surface area contributed by atoms with E-state index in [1.807, 2.05) is 58.0 Å². The summed E-state index contributed by atoms with van der Waals surface area (Å²) in [6, 6.07) is 17.0. The molecule has 2 saturated heterocycles. The maximum absolute atomic E-state index is 13.6. The Kier molecular flexibility index (Phi) is 12.5. The molecule has 0 radical (unpaired) electrons. The molecule has 1 aliphatic carbocycles. The number of alkyl halides is 3. The van der Waals surface area contributed by atoms with Crippen molar-refractivity contribution in [2.45, 2.75) is 90.7 Å². The molecular weight excluding hydrogens is 790 g/mol. The maximum Gasteiger partial charge on any atom is 0.417 e. The smallest absolute Gasteiger partial charge is 0.417 e. The van der Waals surface area contributed by atoms with Crippen molar-refractivity contribution in [2.75, 3.05) is 45.9 Å². The summed E-state index contributed by atoms with van der Waals surface area (Å²) in [6.07, 6.45) is -1.70. The van der Waals surface area contributed by atoms with Gasteiger partial charge in [-0.2, -0.15) is 18.4 Å². The molecule has 4 aliphatic rings. The van der Waals surface area contributed by atoms with E-state index in [1.54, 1.807) is 18.2 Å². The number of carbonyl (C=O) groups is 4. The lowest BCUT2D eigenvalue weighted by atomic mass is 9.49. The van der Waals surface area contributed by atoms with Crippen LogP contribution >= 0.6 is 0 Å². The summed E-state index contributed by atoms with van der Waals surface area (Å²) in [5.74, 6) is -0.505. The average Bonchev–Trinajstić information content (AvgIpc) is 3.56. The summed E-state index contributed by atoms with van der Waals surface area (Å²) < 4.78 is 53.0. The van der Waals surface area contributed by atoms with Crippen LogP contribution in [0.3, 0.4) is 0 Å². The van der Waals surface area contributed by atoms with Crippen LogP contribution in [0.5, 0.6) is 11.5 Å².